The van der Waals surface area contributed by atoms with Crippen LogP contribution in [0.1, 0.15) is 45.8 Å². The van der Waals surface area contributed by atoms with Gasteiger partial charge in [0.1, 0.15) is 5.92 Å². The Morgan fingerprint density at radius 2 is 2.10 bits per heavy atom. The number of fused-ring (bicyclic) bond motifs is 5. The summed E-state index contributed by atoms with van der Waals surface area (Å²) < 4.78 is 7.51. The smallest absolute Gasteiger partial charge is 0.284 e. The first-order valence-corrected chi connectivity index (χ1v) is 7.73. The lowest BCUT2D eigenvalue weighted by Crippen LogP contribution is -2.37. The fourth-order valence-electron chi connectivity index (χ4n) is 4.18. The molecule has 2 heterocycles. The molecule has 1 amide bonds. The molecule has 4 heteroatoms. The first kappa shape index (κ1) is 13.4. The monoisotopic (exact) mass is 275 g/mol. The van der Waals surface area contributed by atoms with Gasteiger partial charge in [-0.25, -0.2) is 0 Å². The topological polar surface area (TPSA) is 45.2 Å². The van der Waals surface area contributed by atoms with Crippen molar-refractivity contribution in [3.05, 3.63) is 24.2 Å². The van der Waals surface area contributed by atoms with Gasteiger partial charge >= 0.3 is 0 Å². The maximum atomic E-state index is 12.1. The zero-order valence-corrected chi connectivity index (χ0v) is 12.4. The second-order valence-electron chi connectivity index (χ2n) is 5.76. The number of nitrogens with zero attached hydrogens (tertiary/aromatic N) is 1. The van der Waals surface area contributed by atoms with E-state index in [0.717, 1.165) is 11.5 Å². The quantitative estimate of drug-likeness (QED) is 0.801. The van der Waals surface area contributed by atoms with Gasteiger partial charge in [0, 0.05) is 12.8 Å². The van der Waals surface area contributed by atoms with Crippen molar-refractivity contribution < 1.29 is 13.9 Å². The first-order chi connectivity index (χ1) is 9.75. The molecule has 2 saturated carbocycles. The Bertz CT molecular complexity index is 533. The number of carbonyl (C=O) groups excluding carboxylic acids is 1. The van der Waals surface area contributed by atoms with E-state index in [0.29, 0.717) is 17.9 Å². The lowest BCUT2D eigenvalue weighted by Gasteiger charge is -2.17. The van der Waals surface area contributed by atoms with E-state index in [1.165, 1.54) is 19.3 Å². The summed E-state index contributed by atoms with van der Waals surface area (Å²) in [5.74, 6) is 2.53. The third-order valence-corrected chi connectivity index (χ3v) is 4.94. The predicted octanol–water partition coefficient (Wildman–Crippen LogP) is 2.59. The van der Waals surface area contributed by atoms with Crippen LogP contribution in [0.5, 0.6) is 0 Å². The fraction of sp³-hybridized carbons (Fsp3) is 0.625. The van der Waals surface area contributed by atoms with Gasteiger partial charge in [-0.2, -0.15) is 0 Å². The highest BCUT2D eigenvalue weighted by atomic mass is 16.3. The van der Waals surface area contributed by atoms with Crippen LogP contribution in [0.25, 0.3) is 0 Å². The molecule has 0 spiro atoms. The Labute approximate surface area is 119 Å². The summed E-state index contributed by atoms with van der Waals surface area (Å²) in [6.45, 7) is 6.02. The number of hydrogen-bond donors (Lipinski definition) is 1. The van der Waals surface area contributed by atoms with Crippen molar-refractivity contribution in [1.82, 2.24) is 5.43 Å². The van der Waals surface area contributed by atoms with Crippen molar-refractivity contribution in [1.29, 1.82) is 0 Å². The molecule has 4 atom stereocenters. The Balaban J connectivity index is 0.000000581. The number of carbonyl (C=O) groups is 1. The van der Waals surface area contributed by atoms with Gasteiger partial charge in [0.05, 0.1) is 6.26 Å². The molecular formula is C16H23N2O2+. The molecule has 1 saturated heterocycles. The maximum Gasteiger partial charge on any atom is 0.284 e. The number of hydrazone groups is 1. The van der Waals surface area contributed by atoms with Crippen molar-refractivity contribution in [3.63, 3.8) is 0 Å². The average Bonchev–Trinajstić information content (AvgIpc) is 3.23. The van der Waals surface area contributed by atoms with Crippen LogP contribution in [0.15, 0.2) is 22.8 Å². The molecule has 0 aromatic carbocycles. The van der Waals surface area contributed by atoms with E-state index < -0.39 is 0 Å². The molecule has 0 radical (unpaired) electrons. The fourth-order valence-corrected chi connectivity index (χ4v) is 4.18. The van der Waals surface area contributed by atoms with Crippen molar-refractivity contribution >= 4 is 11.6 Å². The van der Waals surface area contributed by atoms with Gasteiger partial charge in [0.25, 0.3) is 5.91 Å². The molecule has 4 nitrogen and oxygen atoms in total. The molecule has 2 bridgehead atoms. The zero-order chi connectivity index (χ0) is 14.3. The van der Waals surface area contributed by atoms with Crippen molar-refractivity contribution in [2.24, 2.45) is 17.8 Å². The van der Waals surface area contributed by atoms with Gasteiger partial charge in [-0.15, -0.1) is 10.1 Å². The van der Waals surface area contributed by atoms with Gasteiger partial charge in [-0.05, 0) is 37.3 Å². The molecule has 1 aliphatic heterocycles. The normalized spacial score (nSPS) is 36.2. The number of hydrogen-bond acceptors (Lipinski definition) is 2. The van der Waals surface area contributed by atoms with Crippen LogP contribution in [0, 0.1) is 17.8 Å². The number of amides is 1. The number of rotatable bonds is 1. The molecule has 4 rings (SSSR count). The lowest BCUT2D eigenvalue weighted by molar-refractivity contribution is -0.603. The van der Waals surface area contributed by atoms with Gasteiger partial charge in [-0.3, -0.25) is 4.79 Å². The molecule has 1 N–H and O–H groups in total. The summed E-state index contributed by atoms with van der Waals surface area (Å²) in [4.78, 5) is 12.1. The summed E-state index contributed by atoms with van der Waals surface area (Å²) in [5.41, 5.74) is 4.06. The van der Waals surface area contributed by atoms with E-state index in [4.69, 9.17) is 4.42 Å². The van der Waals surface area contributed by atoms with Gasteiger partial charge < -0.3 is 4.42 Å². The lowest BCUT2D eigenvalue weighted by atomic mass is 9.85. The Kier molecular flexibility index (Phi) is 3.40. The molecule has 108 valence electrons. The minimum absolute atomic E-state index is 0.202. The van der Waals surface area contributed by atoms with Crippen LogP contribution >= 0.6 is 0 Å². The van der Waals surface area contributed by atoms with Gasteiger partial charge in [0.2, 0.25) is 5.71 Å². The number of nitrogens with one attached hydrogen (secondary N) is 1. The van der Waals surface area contributed by atoms with Crippen LogP contribution in [0.4, 0.5) is 0 Å². The van der Waals surface area contributed by atoms with Gasteiger partial charge in [-0.1, -0.05) is 13.8 Å². The summed E-state index contributed by atoms with van der Waals surface area (Å²) in [5, 5.41) is 0. The number of furan rings is 1. The molecule has 1 aromatic heterocycles. The minimum Gasteiger partial charge on any atom is -0.458 e. The maximum absolute atomic E-state index is 12.1. The van der Waals surface area contributed by atoms with E-state index >= 15 is 0 Å². The highest BCUT2D eigenvalue weighted by Crippen LogP contribution is 2.51. The molecule has 2 aliphatic carbocycles. The Hall–Kier alpha value is -1.58. The summed E-state index contributed by atoms with van der Waals surface area (Å²) in [6.07, 6.45) is 5.40. The largest absolute Gasteiger partial charge is 0.458 e. The molecule has 1 aromatic rings. The number of hydrazine groups is 1. The molecule has 3 fully saturated rings. The van der Waals surface area contributed by atoms with E-state index in [2.05, 4.69) is 10.1 Å². The van der Waals surface area contributed by atoms with Crippen molar-refractivity contribution in [2.75, 3.05) is 0 Å². The third-order valence-electron chi connectivity index (χ3n) is 4.94. The molecule has 20 heavy (non-hydrogen) atoms. The predicted molar refractivity (Wildman–Crippen MR) is 76.4 cm³/mol. The zero-order valence-electron chi connectivity index (χ0n) is 12.4. The van der Waals surface area contributed by atoms with Crippen LogP contribution in [-0.2, 0) is 4.79 Å². The average molecular weight is 275 g/mol. The Morgan fingerprint density at radius 1 is 1.35 bits per heavy atom. The van der Waals surface area contributed by atoms with Crippen LogP contribution in [-0.4, -0.2) is 22.3 Å². The van der Waals surface area contributed by atoms with Crippen LogP contribution in [0.3, 0.4) is 0 Å². The standard InChI is InChI=1S/C14H16N2O2.C2H6/c1-8(11-3-2-6-18-11)16-13-10-5-4-9(7-10)12(13)14(17)15-16;1-2/h2-3,6,9-10,12-13H,4-5,7H2,1H3;1-2H3/p+1/b16-8-;. The van der Waals surface area contributed by atoms with Crippen LogP contribution in [0.2, 0.25) is 0 Å². The summed E-state index contributed by atoms with van der Waals surface area (Å²) in [7, 11) is 0. The van der Waals surface area contributed by atoms with E-state index in [-0.39, 0.29) is 11.8 Å². The van der Waals surface area contributed by atoms with E-state index in [1.807, 2.05) is 32.9 Å². The van der Waals surface area contributed by atoms with E-state index in [9.17, 15) is 4.79 Å². The second-order valence-corrected chi connectivity index (χ2v) is 5.76. The van der Waals surface area contributed by atoms with Crippen molar-refractivity contribution in [3.8, 4) is 0 Å². The summed E-state index contributed by atoms with van der Waals surface area (Å²) >= 11 is 0. The molecule has 3 aliphatic rings. The van der Waals surface area contributed by atoms with Crippen molar-refractivity contribution in [2.45, 2.75) is 46.1 Å². The Morgan fingerprint density at radius 3 is 2.80 bits per heavy atom. The highest BCUT2D eigenvalue weighted by Gasteiger charge is 2.62. The summed E-state index contributed by atoms with van der Waals surface area (Å²) in [6, 6.07) is 4.18. The first-order valence-electron chi connectivity index (χ1n) is 7.73. The molecule has 4 unspecified atom stereocenters. The van der Waals surface area contributed by atoms with Crippen LogP contribution < -0.4 is 5.43 Å². The minimum atomic E-state index is 0.202. The second kappa shape index (κ2) is 5.08. The van der Waals surface area contributed by atoms with E-state index in [1.54, 1.807) is 6.26 Å². The SMILES string of the molecule is C/C(c1ccco1)=[N+]1/NC(=O)C2C3CCC(C3)C21.CC. The molecular weight excluding hydrogens is 252 g/mol. The third kappa shape index (κ3) is 1.81. The highest BCUT2D eigenvalue weighted by molar-refractivity contribution is 5.93. The van der Waals surface area contributed by atoms with Gasteiger partial charge in [0.15, 0.2) is 11.8 Å².